The molecule has 0 saturated carbocycles. The van der Waals surface area contributed by atoms with Crippen LogP contribution in [0, 0.1) is 0 Å². The fourth-order valence-corrected chi connectivity index (χ4v) is 3.16. The van der Waals surface area contributed by atoms with Crippen LogP contribution in [0.5, 0.6) is 0 Å². The molecular weight excluding hydrogens is 248 g/mol. The van der Waals surface area contributed by atoms with E-state index in [-0.39, 0.29) is 11.4 Å². The Labute approximate surface area is 120 Å². The number of hydrogen-bond donors (Lipinski definition) is 1. The molecule has 0 aromatic heterocycles. The van der Waals surface area contributed by atoms with Crippen molar-refractivity contribution in [2.24, 2.45) is 0 Å². The third kappa shape index (κ3) is 2.58. The SMILES string of the molecule is CC1(C)Cc2ccccc2/C(=C/C(=O)N2CCCC2)N1. The normalized spacial score (nSPS) is 22.5. The zero-order chi connectivity index (χ0) is 14.2. The second-order valence-corrected chi connectivity index (χ2v) is 6.43. The van der Waals surface area contributed by atoms with Gasteiger partial charge in [0.2, 0.25) is 5.91 Å². The Kier molecular flexibility index (Phi) is 3.28. The van der Waals surface area contributed by atoms with Crippen LogP contribution in [0.25, 0.3) is 5.70 Å². The molecule has 1 fully saturated rings. The van der Waals surface area contributed by atoms with E-state index in [2.05, 4.69) is 37.4 Å². The molecule has 0 unspecified atom stereocenters. The van der Waals surface area contributed by atoms with Crippen molar-refractivity contribution in [3.63, 3.8) is 0 Å². The molecule has 106 valence electrons. The summed E-state index contributed by atoms with van der Waals surface area (Å²) >= 11 is 0. The Morgan fingerprint density at radius 3 is 2.70 bits per heavy atom. The van der Waals surface area contributed by atoms with Crippen LogP contribution in [0.3, 0.4) is 0 Å². The van der Waals surface area contributed by atoms with Crippen LogP contribution in [0.15, 0.2) is 30.3 Å². The van der Waals surface area contributed by atoms with Crippen molar-refractivity contribution in [3.05, 3.63) is 41.5 Å². The predicted octanol–water partition coefficient (Wildman–Crippen LogP) is 2.57. The van der Waals surface area contributed by atoms with E-state index in [1.807, 2.05) is 11.0 Å². The molecule has 0 spiro atoms. The highest BCUT2D eigenvalue weighted by Crippen LogP contribution is 2.29. The van der Waals surface area contributed by atoms with E-state index in [1.54, 1.807) is 6.08 Å². The van der Waals surface area contributed by atoms with Crippen LogP contribution >= 0.6 is 0 Å². The summed E-state index contributed by atoms with van der Waals surface area (Å²) in [7, 11) is 0. The first-order valence-corrected chi connectivity index (χ1v) is 7.42. The van der Waals surface area contributed by atoms with E-state index in [0.29, 0.717) is 0 Å². The highest BCUT2D eigenvalue weighted by atomic mass is 16.2. The van der Waals surface area contributed by atoms with Gasteiger partial charge in [0.1, 0.15) is 0 Å². The number of likely N-dealkylation sites (tertiary alicyclic amines) is 1. The van der Waals surface area contributed by atoms with Gasteiger partial charge in [0, 0.05) is 36.0 Å². The number of fused-ring (bicyclic) bond motifs is 1. The molecule has 20 heavy (non-hydrogen) atoms. The van der Waals surface area contributed by atoms with E-state index in [1.165, 1.54) is 11.1 Å². The molecule has 1 N–H and O–H groups in total. The third-order valence-electron chi connectivity index (χ3n) is 4.10. The molecule has 0 radical (unpaired) electrons. The molecule has 3 rings (SSSR count). The van der Waals surface area contributed by atoms with Gasteiger partial charge in [-0.05, 0) is 38.7 Å². The Morgan fingerprint density at radius 2 is 1.95 bits per heavy atom. The number of nitrogens with one attached hydrogen (secondary N) is 1. The van der Waals surface area contributed by atoms with Crippen LogP contribution < -0.4 is 5.32 Å². The highest BCUT2D eigenvalue weighted by Gasteiger charge is 2.28. The smallest absolute Gasteiger partial charge is 0.248 e. The molecular formula is C17H22N2O. The first-order valence-electron chi connectivity index (χ1n) is 7.42. The van der Waals surface area contributed by atoms with Crippen molar-refractivity contribution < 1.29 is 4.79 Å². The summed E-state index contributed by atoms with van der Waals surface area (Å²) in [5.74, 6) is 0.137. The summed E-state index contributed by atoms with van der Waals surface area (Å²) in [6.07, 6.45) is 5.03. The number of benzene rings is 1. The Balaban J connectivity index is 1.93. The molecule has 2 heterocycles. The predicted molar refractivity (Wildman–Crippen MR) is 81.2 cm³/mol. The fourth-order valence-electron chi connectivity index (χ4n) is 3.16. The highest BCUT2D eigenvalue weighted by molar-refractivity contribution is 5.95. The summed E-state index contributed by atoms with van der Waals surface area (Å²) in [5, 5.41) is 3.52. The second kappa shape index (κ2) is 4.97. The monoisotopic (exact) mass is 270 g/mol. The topological polar surface area (TPSA) is 32.3 Å². The average Bonchev–Trinajstić information content (AvgIpc) is 2.91. The van der Waals surface area contributed by atoms with Crippen LogP contribution in [0.4, 0.5) is 0 Å². The number of carbonyl (C=O) groups is 1. The van der Waals surface area contributed by atoms with Crippen molar-refractivity contribution in [1.29, 1.82) is 0 Å². The van der Waals surface area contributed by atoms with Crippen LogP contribution in [0.1, 0.15) is 37.8 Å². The largest absolute Gasteiger partial charge is 0.379 e. The number of amides is 1. The fraction of sp³-hybridized carbons (Fsp3) is 0.471. The Hall–Kier alpha value is -1.77. The molecule has 3 heteroatoms. The Bertz CT molecular complexity index is 554. The summed E-state index contributed by atoms with van der Waals surface area (Å²) in [4.78, 5) is 14.3. The molecule has 2 aliphatic heterocycles. The van der Waals surface area contributed by atoms with Gasteiger partial charge in [0.05, 0.1) is 0 Å². The van der Waals surface area contributed by atoms with Gasteiger partial charge in [0.25, 0.3) is 0 Å². The second-order valence-electron chi connectivity index (χ2n) is 6.43. The van der Waals surface area contributed by atoms with Crippen molar-refractivity contribution >= 4 is 11.6 Å². The van der Waals surface area contributed by atoms with Gasteiger partial charge >= 0.3 is 0 Å². The molecule has 0 atom stereocenters. The molecule has 1 amide bonds. The third-order valence-corrected chi connectivity index (χ3v) is 4.10. The lowest BCUT2D eigenvalue weighted by Gasteiger charge is -2.35. The Morgan fingerprint density at radius 1 is 1.25 bits per heavy atom. The lowest BCUT2D eigenvalue weighted by Crippen LogP contribution is -2.44. The molecule has 1 aromatic carbocycles. The zero-order valence-corrected chi connectivity index (χ0v) is 12.3. The summed E-state index contributed by atoms with van der Waals surface area (Å²) in [6, 6.07) is 8.36. The van der Waals surface area contributed by atoms with Crippen LogP contribution in [-0.2, 0) is 11.2 Å². The van der Waals surface area contributed by atoms with E-state index >= 15 is 0 Å². The van der Waals surface area contributed by atoms with E-state index < -0.39 is 0 Å². The van der Waals surface area contributed by atoms with Gasteiger partial charge in [-0.2, -0.15) is 0 Å². The minimum absolute atomic E-state index is 0.00846. The zero-order valence-electron chi connectivity index (χ0n) is 12.3. The van der Waals surface area contributed by atoms with Crippen LogP contribution in [-0.4, -0.2) is 29.4 Å². The molecule has 3 nitrogen and oxygen atoms in total. The van der Waals surface area contributed by atoms with Crippen molar-refractivity contribution in [3.8, 4) is 0 Å². The average molecular weight is 270 g/mol. The number of hydrogen-bond acceptors (Lipinski definition) is 2. The molecule has 2 aliphatic rings. The standard InChI is InChI=1S/C17H22N2O/c1-17(2)12-13-7-3-4-8-14(13)15(18-17)11-16(20)19-9-5-6-10-19/h3-4,7-8,11,18H,5-6,9-10,12H2,1-2H3/b15-11-. The summed E-state index contributed by atoms with van der Waals surface area (Å²) in [6.45, 7) is 6.15. The quantitative estimate of drug-likeness (QED) is 0.796. The lowest BCUT2D eigenvalue weighted by atomic mass is 9.86. The molecule has 1 saturated heterocycles. The maximum Gasteiger partial charge on any atom is 0.248 e. The van der Waals surface area contributed by atoms with Crippen molar-refractivity contribution in [2.45, 2.75) is 38.6 Å². The van der Waals surface area contributed by atoms with Crippen LogP contribution in [0.2, 0.25) is 0 Å². The molecule has 0 aliphatic carbocycles. The minimum atomic E-state index is -0.00846. The number of carbonyl (C=O) groups excluding carboxylic acids is 1. The van der Waals surface area contributed by atoms with Gasteiger partial charge in [-0.1, -0.05) is 24.3 Å². The minimum Gasteiger partial charge on any atom is -0.379 e. The van der Waals surface area contributed by atoms with Gasteiger partial charge in [-0.25, -0.2) is 0 Å². The number of rotatable bonds is 1. The van der Waals surface area contributed by atoms with E-state index in [4.69, 9.17) is 0 Å². The van der Waals surface area contributed by atoms with Crippen molar-refractivity contribution in [2.75, 3.05) is 13.1 Å². The summed E-state index contributed by atoms with van der Waals surface area (Å²) < 4.78 is 0. The summed E-state index contributed by atoms with van der Waals surface area (Å²) in [5.41, 5.74) is 3.44. The van der Waals surface area contributed by atoms with E-state index in [9.17, 15) is 4.79 Å². The number of nitrogens with zero attached hydrogens (tertiary/aromatic N) is 1. The molecule has 0 bridgehead atoms. The van der Waals surface area contributed by atoms with Gasteiger partial charge in [0.15, 0.2) is 0 Å². The first kappa shape index (κ1) is 13.2. The van der Waals surface area contributed by atoms with Gasteiger partial charge in [-0.3, -0.25) is 4.79 Å². The van der Waals surface area contributed by atoms with E-state index in [0.717, 1.165) is 38.0 Å². The molecule has 1 aromatic rings. The lowest BCUT2D eigenvalue weighted by molar-refractivity contribution is -0.124. The van der Waals surface area contributed by atoms with Gasteiger partial charge in [-0.15, -0.1) is 0 Å². The first-order chi connectivity index (χ1) is 9.55. The maximum atomic E-state index is 12.3. The van der Waals surface area contributed by atoms with Gasteiger partial charge < -0.3 is 10.2 Å². The van der Waals surface area contributed by atoms with Crippen molar-refractivity contribution in [1.82, 2.24) is 10.2 Å². The maximum absolute atomic E-state index is 12.3.